The summed E-state index contributed by atoms with van der Waals surface area (Å²) < 4.78 is 0. The van der Waals surface area contributed by atoms with Crippen molar-refractivity contribution in [2.24, 2.45) is 17.8 Å². The van der Waals surface area contributed by atoms with Crippen molar-refractivity contribution in [1.29, 1.82) is 0 Å². The fraction of sp³-hybridized carbons (Fsp3) is 0.933. The van der Waals surface area contributed by atoms with Gasteiger partial charge in [0, 0.05) is 31.1 Å². The molecule has 1 N–H and O–H groups in total. The highest BCUT2D eigenvalue weighted by molar-refractivity contribution is 5.82. The molecule has 18 heavy (non-hydrogen) atoms. The summed E-state index contributed by atoms with van der Waals surface area (Å²) in [5.74, 6) is 2.53. The van der Waals surface area contributed by atoms with Gasteiger partial charge in [0.25, 0.3) is 0 Å². The minimum Gasteiger partial charge on any atom is -0.342 e. The molecule has 2 aliphatic heterocycles. The molecule has 0 aromatic rings. The Hall–Kier alpha value is -0.570. The van der Waals surface area contributed by atoms with Crippen LogP contribution in [-0.4, -0.2) is 36.0 Å². The highest BCUT2D eigenvalue weighted by Crippen LogP contribution is 2.55. The maximum Gasteiger partial charge on any atom is 0.225 e. The first-order valence-corrected chi connectivity index (χ1v) is 7.75. The predicted molar refractivity (Wildman–Crippen MR) is 70.1 cm³/mol. The lowest BCUT2D eigenvalue weighted by atomic mass is 9.98. The summed E-state index contributed by atoms with van der Waals surface area (Å²) in [5.41, 5.74) is 0. The number of piperidine rings is 1. The van der Waals surface area contributed by atoms with E-state index in [0.717, 1.165) is 11.8 Å². The number of carbonyl (C=O) groups is 1. The minimum atomic E-state index is 0.398. The van der Waals surface area contributed by atoms with Crippen LogP contribution in [0.4, 0.5) is 0 Å². The Kier molecular flexibility index (Phi) is 2.48. The van der Waals surface area contributed by atoms with Crippen LogP contribution in [0.15, 0.2) is 0 Å². The third-order valence-electron chi connectivity index (χ3n) is 5.73. The molecule has 100 valence electrons. The third kappa shape index (κ3) is 1.87. The molecule has 2 heterocycles. The van der Waals surface area contributed by atoms with Crippen molar-refractivity contribution in [1.82, 2.24) is 10.2 Å². The Labute approximate surface area is 109 Å². The van der Waals surface area contributed by atoms with Gasteiger partial charge in [-0.25, -0.2) is 0 Å². The standard InChI is InChI=1S/C15H24N2O/c1-17(12-6-10-4-5-11(7-12)16-10)15(18)14-8-13(14)9-2-3-9/h9-14,16H,2-8H2,1H3/t10-,11+,12?,13-,14-/m1/s1. The van der Waals surface area contributed by atoms with Gasteiger partial charge in [0.15, 0.2) is 0 Å². The number of carbonyl (C=O) groups excluding carboxylic acids is 1. The maximum atomic E-state index is 12.5. The van der Waals surface area contributed by atoms with E-state index >= 15 is 0 Å². The zero-order chi connectivity index (χ0) is 12.3. The molecule has 0 aromatic carbocycles. The summed E-state index contributed by atoms with van der Waals surface area (Å²) in [6, 6.07) is 1.88. The molecule has 0 spiro atoms. The number of nitrogens with zero attached hydrogens (tertiary/aromatic N) is 1. The van der Waals surface area contributed by atoms with Crippen molar-refractivity contribution in [3.05, 3.63) is 0 Å². The summed E-state index contributed by atoms with van der Waals surface area (Å²) in [6.45, 7) is 0. The molecule has 0 radical (unpaired) electrons. The lowest BCUT2D eigenvalue weighted by molar-refractivity contribution is -0.134. The van der Waals surface area contributed by atoms with Crippen molar-refractivity contribution in [3.63, 3.8) is 0 Å². The van der Waals surface area contributed by atoms with Gasteiger partial charge in [0.1, 0.15) is 0 Å². The molecule has 2 saturated carbocycles. The molecule has 0 aromatic heterocycles. The average molecular weight is 248 g/mol. The summed E-state index contributed by atoms with van der Waals surface area (Å²) in [5, 5.41) is 3.66. The third-order valence-corrected chi connectivity index (χ3v) is 5.73. The van der Waals surface area contributed by atoms with Crippen LogP contribution in [0.2, 0.25) is 0 Å². The topological polar surface area (TPSA) is 32.3 Å². The molecule has 2 aliphatic carbocycles. The van der Waals surface area contributed by atoms with Gasteiger partial charge in [0.2, 0.25) is 5.91 Å². The van der Waals surface area contributed by atoms with E-state index in [2.05, 4.69) is 17.3 Å². The first-order valence-electron chi connectivity index (χ1n) is 7.75. The summed E-state index contributed by atoms with van der Waals surface area (Å²) in [6.07, 6.45) is 8.95. The Morgan fingerprint density at radius 1 is 1.06 bits per heavy atom. The van der Waals surface area contributed by atoms with Crippen molar-refractivity contribution in [2.75, 3.05) is 7.05 Å². The van der Waals surface area contributed by atoms with Crippen LogP contribution in [0.1, 0.15) is 44.9 Å². The molecule has 5 atom stereocenters. The molecule has 4 fully saturated rings. The maximum absolute atomic E-state index is 12.5. The second-order valence-corrected chi connectivity index (χ2v) is 7.06. The Balaban J connectivity index is 1.37. The van der Waals surface area contributed by atoms with Gasteiger partial charge in [-0.2, -0.15) is 0 Å². The van der Waals surface area contributed by atoms with E-state index in [1.165, 1.54) is 44.9 Å². The lowest BCUT2D eigenvalue weighted by Gasteiger charge is -2.35. The fourth-order valence-corrected chi connectivity index (χ4v) is 4.33. The molecule has 2 saturated heterocycles. The van der Waals surface area contributed by atoms with E-state index in [4.69, 9.17) is 0 Å². The summed E-state index contributed by atoms with van der Waals surface area (Å²) in [7, 11) is 2.06. The van der Waals surface area contributed by atoms with Gasteiger partial charge in [-0.15, -0.1) is 0 Å². The lowest BCUT2D eigenvalue weighted by Crippen LogP contribution is -2.49. The smallest absolute Gasteiger partial charge is 0.225 e. The second-order valence-electron chi connectivity index (χ2n) is 7.06. The molecule has 3 heteroatoms. The van der Waals surface area contributed by atoms with E-state index in [1.807, 2.05) is 0 Å². The number of hydrogen-bond donors (Lipinski definition) is 1. The average Bonchev–Trinajstić information content (AvgIpc) is 3.25. The highest BCUT2D eigenvalue weighted by atomic mass is 16.2. The Bertz CT molecular complexity index is 354. The van der Waals surface area contributed by atoms with Crippen LogP contribution in [0, 0.1) is 17.8 Å². The van der Waals surface area contributed by atoms with E-state index in [9.17, 15) is 4.79 Å². The molecule has 1 unspecified atom stereocenters. The van der Waals surface area contributed by atoms with E-state index in [0.29, 0.717) is 30.0 Å². The first kappa shape index (κ1) is 11.3. The van der Waals surface area contributed by atoms with Crippen LogP contribution in [-0.2, 0) is 4.79 Å². The van der Waals surface area contributed by atoms with Gasteiger partial charge in [-0.05, 0) is 56.8 Å². The Morgan fingerprint density at radius 2 is 1.72 bits per heavy atom. The summed E-state index contributed by atoms with van der Waals surface area (Å²) in [4.78, 5) is 14.6. The molecule has 1 amide bonds. The number of fused-ring (bicyclic) bond motifs is 2. The van der Waals surface area contributed by atoms with Gasteiger partial charge in [-0.3, -0.25) is 4.79 Å². The van der Waals surface area contributed by atoms with Gasteiger partial charge in [-0.1, -0.05) is 0 Å². The van der Waals surface area contributed by atoms with Crippen LogP contribution >= 0.6 is 0 Å². The van der Waals surface area contributed by atoms with Gasteiger partial charge >= 0.3 is 0 Å². The quantitative estimate of drug-likeness (QED) is 0.825. The fourth-order valence-electron chi connectivity index (χ4n) is 4.33. The van der Waals surface area contributed by atoms with Gasteiger partial charge in [0.05, 0.1) is 0 Å². The van der Waals surface area contributed by atoms with Gasteiger partial charge < -0.3 is 10.2 Å². The van der Waals surface area contributed by atoms with Crippen molar-refractivity contribution < 1.29 is 4.79 Å². The van der Waals surface area contributed by atoms with Crippen molar-refractivity contribution >= 4 is 5.91 Å². The molecular formula is C15H24N2O. The molecule has 3 nitrogen and oxygen atoms in total. The van der Waals surface area contributed by atoms with Crippen LogP contribution in [0.5, 0.6) is 0 Å². The molecule has 4 aliphatic rings. The van der Waals surface area contributed by atoms with Crippen LogP contribution in [0.3, 0.4) is 0 Å². The number of rotatable bonds is 3. The molecular weight excluding hydrogens is 224 g/mol. The van der Waals surface area contributed by atoms with Crippen LogP contribution in [0.25, 0.3) is 0 Å². The van der Waals surface area contributed by atoms with Crippen LogP contribution < -0.4 is 5.32 Å². The zero-order valence-electron chi connectivity index (χ0n) is 11.3. The predicted octanol–water partition coefficient (Wildman–Crippen LogP) is 1.77. The minimum absolute atomic E-state index is 0.398. The monoisotopic (exact) mass is 248 g/mol. The number of nitrogens with one attached hydrogen (secondary N) is 1. The summed E-state index contributed by atoms with van der Waals surface area (Å²) >= 11 is 0. The van der Waals surface area contributed by atoms with Crippen molar-refractivity contribution in [2.45, 2.75) is 63.1 Å². The molecule has 4 rings (SSSR count). The number of amides is 1. The van der Waals surface area contributed by atoms with E-state index < -0.39 is 0 Å². The van der Waals surface area contributed by atoms with Crippen molar-refractivity contribution in [3.8, 4) is 0 Å². The SMILES string of the molecule is CN(C(=O)[C@@H]1C[C@@H]1C1CC1)C1C[C@H]2CC[C@@H](C1)N2. The number of hydrogen-bond acceptors (Lipinski definition) is 2. The van der Waals surface area contributed by atoms with E-state index in [-0.39, 0.29) is 0 Å². The van der Waals surface area contributed by atoms with E-state index in [1.54, 1.807) is 0 Å². The normalized spacial score (nSPS) is 45.9. The Morgan fingerprint density at radius 3 is 2.33 bits per heavy atom. The first-order chi connectivity index (χ1) is 8.72. The zero-order valence-corrected chi connectivity index (χ0v) is 11.3. The second kappa shape index (κ2) is 3.96. The highest BCUT2D eigenvalue weighted by Gasteiger charge is 2.52. The largest absolute Gasteiger partial charge is 0.342 e. The molecule has 2 bridgehead atoms.